The van der Waals surface area contributed by atoms with E-state index in [2.05, 4.69) is 83.7 Å². The van der Waals surface area contributed by atoms with Gasteiger partial charge in [-0.1, -0.05) is 51.1 Å². The first kappa shape index (κ1) is 36.1. The van der Waals surface area contributed by atoms with E-state index in [1.807, 2.05) is 50.8 Å². The molecule has 0 radical (unpaired) electrons. The summed E-state index contributed by atoms with van der Waals surface area (Å²) in [7, 11) is 1.35. The van der Waals surface area contributed by atoms with E-state index >= 15 is 0 Å². The minimum Gasteiger partial charge on any atom is -0.453 e. The van der Waals surface area contributed by atoms with Crippen LogP contribution in [0.15, 0.2) is 60.8 Å². The molecule has 3 aromatic carbocycles. The third-order valence-electron chi connectivity index (χ3n) is 11.3. The fourth-order valence-electron chi connectivity index (χ4n) is 8.09. The van der Waals surface area contributed by atoms with Gasteiger partial charge in [0, 0.05) is 29.8 Å². The molecule has 2 saturated heterocycles. The van der Waals surface area contributed by atoms with Crippen molar-refractivity contribution in [3.8, 4) is 22.4 Å². The van der Waals surface area contributed by atoms with Crippen molar-refractivity contribution in [3.05, 3.63) is 72.4 Å². The lowest BCUT2D eigenvalue weighted by Crippen LogP contribution is -2.46. The van der Waals surface area contributed by atoms with Crippen LogP contribution in [0.5, 0.6) is 0 Å². The summed E-state index contributed by atoms with van der Waals surface area (Å²) < 4.78 is 10.6. The summed E-state index contributed by atoms with van der Waals surface area (Å²) in [6.07, 6.45) is 3.46. The van der Waals surface area contributed by atoms with Crippen LogP contribution in [0.1, 0.15) is 91.5 Å². The molecule has 0 bridgehead atoms. The summed E-state index contributed by atoms with van der Waals surface area (Å²) in [6.45, 7) is 14.1. The third kappa shape index (κ3) is 6.93. The highest BCUT2D eigenvalue weighted by Gasteiger charge is 2.56. The van der Waals surface area contributed by atoms with Crippen LogP contribution in [-0.4, -0.2) is 73.1 Å². The smallest absolute Gasteiger partial charge is 0.411 e. The summed E-state index contributed by atoms with van der Waals surface area (Å²) in [5.41, 5.74) is 5.38. The number of aromatic amines is 2. The Morgan fingerprint density at radius 3 is 2.31 bits per heavy atom. The Bertz CT molecular complexity index is 2200. The number of carbonyl (C=O) groups is 2. The molecule has 3 fully saturated rings. The first-order chi connectivity index (χ1) is 25.8. The van der Waals surface area contributed by atoms with Crippen LogP contribution in [0.3, 0.4) is 0 Å². The maximum absolute atomic E-state index is 13.2. The molecular weight excluding hydrogens is 683 g/mol. The second-order valence-electron chi connectivity index (χ2n) is 16.7. The van der Waals surface area contributed by atoms with Crippen LogP contribution in [0.25, 0.3) is 44.2 Å². The first-order valence-electron chi connectivity index (χ1n) is 19.2. The molecule has 2 aliphatic heterocycles. The Balaban J connectivity index is 0.997. The fraction of sp³-hybridized carbons (Fsp3) is 0.476. The minimum absolute atomic E-state index is 0.0325. The normalized spacial score (nSPS) is 24.6. The van der Waals surface area contributed by atoms with Crippen LogP contribution in [0.2, 0.25) is 0 Å². The van der Waals surface area contributed by atoms with Crippen LogP contribution >= 0.6 is 0 Å². The molecule has 7 atom stereocenters. The number of ether oxygens (including phenoxy) is 2. The molecule has 12 heteroatoms. The van der Waals surface area contributed by atoms with Crippen molar-refractivity contribution < 1.29 is 23.9 Å². The molecule has 0 spiro atoms. The summed E-state index contributed by atoms with van der Waals surface area (Å²) in [5.74, 6) is 2.57. The standard InChI is InChI=1S/C42H51N7O5/c1-22(2)39(47-40(50)52-8)54-49-24(4)23(3)15-36(49)37-43-21-33(46-37)29-12-11-25-16-26(9-10-27(25)17-29)28-13-14-31-32(18-28)45-38(44-31)35-20-30-19-34(30)48(35)41(51)53-42(5,6)7/h9-14,16-18,21-24,30,34-36,39H,15,19-20H2,1-8H3,(H,43,46)(H,44,45)(H,47,50)/t23-,24-,30?,34-,35+,36+,39-/m1/s1. The summed E-state index contributed by atoms with van der Waals surface area (Å²) in [5, 5.41) is 7.05. The number of carbonyl (C=O) groups excluding carboxylic acids is 2. The van der Waals surface area contributed by atoms with Crippen molar-refractivity contribution in [2.75, 3.05) is 7.11 Å². The maximum Gasteiger partial charge on any atom is 0.411 e. The number of nitrogens with one attached hydrogen (secondary N) is 3. The van der Waals surface area contributed by atoms with E-state index in [0.717, 1.165) is 75.1 Å². The molecular formula is C42H51N7O5. The number of piperidine rings is 1. The number of hydrogen-bond donors (Lipinski definition) is 3. The van der Waals surface area contributed by atoms with Crippen LogP contribution < -0.4 is 5.32 Å². The Morgan fingerprint density at radius 1 is 0.889 bits per heavy atom. The highest BCUT2D eigenvalue weighted by atomic mass is 16.7. The molecule has 284 valence electrons. The fourth-order valence-corrected chi connectivity index (χ4v) is 8.09. The monoisotopic (exact) mass is 733 g/mol. The number of rotatable bonds is 8. The number of benzene rings is 3. The summed E-state index contributed by atoms with van der Waals surface area (Å²) in [4.78, 5) is 50.5. The van der Waals surface area contributed by atoms with Crippen LogP contribution in [0, 0.1) is 17.8 Å². The van der Waals surface area contributed by atoms with Gasteiger partial charge in [-0.25, -0.2) is 19.6 Å². The number of amides is 2. The number of H-pyrrole nitrogens is 2. The van der Waals surface area contributed by atoms with Crippen molar-refractivity contribution in [1.82, 2.24) is 35.2 Å². The number of nitrogens with zero attached hydrogens (tertiary/aromatic N) is 4. The van der Waals surface area contributed by atoms with E-state index in [1.165, 1.54) is 7.11 Å². The van der Waals surface area contributed by atoms with Gasteiger partial charge in [-0.15, -0.1) is 0 Å². The number of fused-ring (bicyclic) bond motifs is 3. The molecule has 4 heterocycles. The lowest BCUT2D eigenvalue weighted by atomic mass is 9.99. The van der Waals surface area contributed by atoms with Gasteiger partial charge in [-0.05, 0) is 105 Å². The lowest BCUT2D eigenvalue weighted by molar-refractivity contribution is -0.244. The van der Waals surface area contributed by atoms with Gasteiger partial charge < -0.3 is 19.4 Å². The zero-order valence-corrected chi connectivity index (χ0v) is 32.3. The second-order valence-corrected chi connectivity index (χ2v) is 16.7. The van der Waals surface area contributed by atoms with Gasteiger partial charge in [0.15, 0.2) is 6.23 Å². The molecule has 3 N–H and O–H groups in total. The van der Waals surface area contributed by atoms with E-state index in [0.29, 0.717) is 11.8 Å². The zero-order chi connectivity index (χ0) is 38.1. The molecule has 2 aromatic heterocycles. The van der Waals surface area contributed by atoms with Gasteiger partial charge in [0.2, 0.25) is 0 Å². The van der Waals surface area contributed by atoms with Crippen molar-refractivity contribution in [3.63, 3.8) is 0 Å². The van der Waals surface area contributed by atoms with E-state index < -0.39 is 17.9 Å². The Kier molecular flexibility index (Phi) is 9.16. The number of hydrogen-bond acceptors (Lipinski definition) is 8. The van der Waals surface area contributed by atoms with Gasteiger partial charge in [0.25, 0.3) is 0 Å². The number of aromatic nitrogens is 4. The molecule has 54 heavy (non-hydrogen) atoms. The van der Waals surface area contributed by atoms with Crippen LogP contribution in [0.4, 0.5) is 9.59 Å². The van der Waals surface area contributed by atoms with Gasteiger partial charge in [0.05, 0.1) is 35.9 Å². The average Bonchev–Trinajstić information content (AvgIpc) is 3.51. The van der Waals surface area contributed by atoms with Crippen molar-refractivity contribution in [2.24, 2.45) is 17.8 Å². The summed E-state index contributed by atoms with van der Waals surface area (Å²) >= 11 is 0. The molecule has 3 aliphatic rings. The molecule has 12 nitrogen and oxygen atoms in total. The number of hydroxylamine groups is 2. The minimum atomic E-state index is -0.544. The van der Waals surface area contributed by atoms with Crippen molar-refractivity contribution in [1.29, 1.82) is 0 Å². The maximum atomic E-state index is 13.2. The number of alkyl carbamates (subject to hydrolysis) is 1. The largest absolute Gasteiger partial charge is 0.453 e. The lowest BCUT2D eigenvalue weighted by Gasteiger charge is -2.33. The molecule has 1 saturated carbocycles. The Labute approximate surface area is 315 Å². The van der Waals surface area contributed by atoms with Crippen LogP contribution in [-0.2, 0) is 14.3 Å². The predicted octanol–water partition coefficient (Wildman–Crippen LogP) is 8.88. The Hall–Kier alpha value is -4.94. The number of methoxy groups -OCH3 is 1. The first-order valence-corrected chi connectivity index (χ1v) is 19.2. The zero-order valence-electron chi connectivity index (χ0n) is 32.3. The topological polar surface area (TPSA) is 138 Å². The van der Waals surface area contributed by atoms with Crippen molar-refractivity contribution >= 4 is 34.0 Å². The van der Waals surface area contributed by atoms with E-state index in [4.69, 9.17) is 24.3 Å². The molecule has 1 unspecified atom stereocenters. The average molecular weight is 734 g/mol. The van der Waals surface area contributed by atoms with Gasteiger partial charge >= 0.3 is 12.2 Å². The second kappa shape index (κ2) is 13.7. The van der Waals surface area contributed by atoms with Crippen molar-refractivity contribution in [2.45, 2.75) is 104 Å². The third-order valence-corrected chi connectivity index (χ3v) is 11.3. The SMILES string of the molecule is COC(=O)N[C@H](ON1[C@H](C)[C@H](C)C[C@H]1c1nc(-c2ccc3cc(-c4ccc5nc([C@@H]6CC7C[C@H]7N6C(=O)OC(C)(C)C)[nH]c5c4)ccc3c2)c[nH]1)C(C)C. The molecule has 2 amide bonds. The molecule has 5 aromatic rings. The molecule has 8 rings (SSSR count). The highest BCUT2D eigenvalue weighted by Crippen LogP contribution is 2.53. The number of imidazole rings is 2. The highest BCUT2D eigenvalue weighted by molar-refractivity contribution is 5.92. The predicted molar refractivity (Wildman–Crippen MR) is 207 cm³/mol. The quantitative estimate of drug-likeness (QED) is 0.135. The van der Waals surface area contributed by atoms with Gasteiger partial charge in [-0.2, -0.15) is 5.06 Å². The Morgan fingerprint density at radius 2 is 1.59 bits per heavy atom. The molecule has 1 aliphatic carbocycles. The van der Waals surface area contributed by atoms with E-state index in [9.17, 15) is 9.59 Å². The number of likely N-dealkylation sites (tertiary alicyclic amines) is 1. The van der Waals surface area contributed by atoms with E-state index in [1.54, 1.807) is 0 Å². The van der Waals surface area contributed by atoms with Gasteiger partial charge in [0.1, 0.15) is 17.2 Å². The van der Waals surface area contributed by atoms with E-state index in [-0.39, 0.29) is 36.2 Å². The van der Waals surface area contributed by atoms with Gasteiger partial charge in [-0.3, -0.25) is 15.1 Å². The summed E-state index contributed by atoms with van der Waals surface area (Å²) in [6, 6.07) is 19.4.